The number of imidazole rings is 1. The highest BCUT2D eigenvalue weighted by molar-refractivity contribution is 5.05. The molecule has 0 amide bonds. The van der Waals surface area contributed by atoms with Gasteiger partial charge in [0.25, 0.3) is 0 Å². The SMILES string of the molecule is Cc1ncc(CNC2CC2)n1CCOC(C)C. The maximum atomic E-state index is 5.59. The zero-order valence-corrected chi connectivity index (χ0v) is 11.1. The molecular weight excluding hydrogens is 214 g/mol. The average Bonchev–Trinajstić information content (AvgIpc) is 3.03. The highest BCUT2D eigenvalue weighted by Gasteiger charge is 2.20. The largest absolute Gasteiger partial charge is 0.377 e. The second-order valence-electron chi connectivity index (χ2n) is 5.02. The van der Waals surface area contributed by atoms with Crippen molar-refractivity contribution in [1.82, 2.24) is 14.9 Å². The predicted molar refractivity (Wildman–Crippen MR) is 67.9 cm³/mol. The van der Waals surface area contributed by atoms with Crippen LogP contribution in [0.25, 0.3) is 0 Å². The molecule has 2 rings (SSSR count). The van der Waals surface area contributed by atoms with Gasteiger partial charge in [-0.3, -0.25) is 0 Å². The Morgan fingerprint density at radius 3 is 2.94 bits per heavy atom. The first-order chi connectivity index (χ1) is 8.16. The highest BCUT2D eigenvalue weighted by atomic mass is 16.5. The van der Waals surface area contributed by atoms with Gasteiger partial charge in [-0.05, 0) is 33.6 Å². The summed E-state index contributed by atoms with van der Waals surface area (Å²) in [4.78, 5) is 4.38. The maximum Gasteiger partial charge on any atom is 0.105 e. The van der Waals surface area contributed by atoms with Crippen LogP contribution in [0.5, 0.6) is 0 Å². The topological polar surface area (TPSA) is 39.1 Å². The third kappa shape index (κ3) is 3.82. The summed E-state index contributed by atoms with van der Waals surface area (Å²) >= 11 is 0. The molecule has 0 aliphatic heterocycles. The van der Waals surface area contributed by atoms with E-state index >= 15 is 0 Å². The van der Waals surface area contributed by atoms with Gasteiger partial charge in [0.1, 0.15) is 5.82 Å². The van der Waals surface area contributed by atoms with Crippen LogP contribution >= 0.6 is 0 Å². The van der Waals surface area contributed by atoms with Crippen LogP contribution in [-0.4, -0.2) is 28.3 Å². The van der Waals surface area contributed by atoms with Crippen LogP contribution in [0.2, 0.25) is 0 Å². The number of nitrogens with zero attached hydrogens (tertiary/aromatic N) is 2. The number of hydrogen-bond donors (Lipinski definition) is 1. The predicted octanol–water partition coefficient (Wildman–Crippen LogP) is 1.87. The molecule has 0 saturated heterocycles. The second-order valence-corrected chi connectivity index (χ2v) is 5.02. The van der Waals surface area contributed by atoms with Crippen LogP contribution < -0.4 is 5.32 Å². The van der Waals surface area contributed by atoms with E-state index < -0.39 is 0 Å². The summed E-state index contributed by atoms with van der Waals surface area (Å²) in [5, 5.41) is 3.52. The van der Waals surface area contributed by atoms with Crippen LogP contribution in [0, 0.1) is 6.92 Å². The van der Waals surface area contributed by atoms with Gasteiger partial charge in [-0.25, -0.2) is 4.98 Å². The minimum atomic E-state index is 0.298. The molecular formula is C13H23N3O. The molecule has 0 radical (unpaired) electrons. The molecule has 0 unspecified atom stereocenters. The molecule has 1 aromatic rings. The van der Waals surface area contributed by atoms with E-state index in [4.69, 9.17) is 4.74 Å². The lowest BCUT2D eigenvalue weighted by Crippen LogP contribution is -2.20. The zero-order chi connectivity index (χ0) is 12.3. The lowest BCUT2D eigenvalue weighted by atomic mass is 10.4. The van der Waals surface area contributed by atoms with E-state index in [1.807, 2.05) is 6.20 Å². The minimum absolute atomic E-state index is 0.298. The van der Waals surface area contributed by atoms with Gasteiger partial charge in [-0.1, -0.05) is 0 Å². The van der Waals surface area contributed by atoms with Gasteiger partial charge in [0.05, 0.1) is 18.4 Å². The van der Waals surface area contributed by atoms with Gasteiger partial charge < -0.3 is 14.6 Å². The first-order valence-electron chi connectivity index (χ1n) is 6.53. The van der Waals surface area contributed by atoms with Crippen molar-refractivity contribution in [2.45, 2.75) is 58.8 Å². The fraction of sp³-hybridized carbons (Fsp3) is 0.769. The Morgan fingerprint density at radius 1 is 1.53 bits per heavy atom. The van der Waals surface area contributed by atoms with E-state index in [-0.39, 0.29) is 0 Å². The van der Waals surface area contributed by atoms with Crippen molar-refractivity contribution in [2.75, 3.05) is 6.61 Å². The lowest BCUT2D eigenvalue weighted by Gasteiger charge is -2.12. The third-order valence-corrected chi connectivity index (χ3v) is 3.05. The molecule has 0 aromatic carbocycles. The molecule has 1 aliphatic carbocycles. The van der Waals surface area contributed by atoms with Crippen LogP contribution in [0.1, 0.15) is 38.2 Å². The van der Waals surface area contributed by atoms with Crippen LogP contribution in [0.3, 0.4) is 0 Å². The Morgan fingerprint density at radius 2 is 2.29 bits per heavy atom. The standard InChI is InChI=1S/C13H23N3O/c1-10(2)17-7-6-16-11(3)14-8-13(16)9-15-12-4-5-12/h8,10,12,15H,4-7,9H2,1-3H3. The summed E-state index contributed by atoms with van der Waals surface area (Å²) in [5.74, 6) is 1.07. The molecule has 17 heavy (non-hydrogen) atoms. The van der Waals surface area contributed by atoms with Crippen LogP contribution in [-0.2, 0) is 17.8 Å². The Labute approximate surface area is 103 Å². The second kappa shape index (κ2) is 5.65. The summed E-state index contributed by atoms with van der Waals surface area (Å²) < 4.78 is 7.84. The van der Waals surface area contributed by atoms with Crippen molar-refractivity contribution in [3.63, 3.8) is 0 Å². The van der Waals surface area contributed by atoms with Crippen molar-refractivity contribution < 1.29 is 4.74 Å². The van der Waals surface area contributed by atoms with Crippen LogP contribution in [0.4, 0.5) is 0 Å². The van der Waals surface area contributed by atoms with Gasteiger partial charge in [-0.2, -0.15) is 0 Å². The molecule has 0 bridgehead atoms. The molecule has 0 spiro atoms. The average molecular weight is 237 g/mol. The molecule has 1 fully saturated rings. The summed E-state index contributed by atoms with van der Waals surface area (Å²) in [7, 11) is 0. The quantitative estimate of drug-likeness (QED) is 0.787. The highest BCUT2D eigenvalue weighted by Crippen LogP contribution is 2.19. The van der Waals surface area contributed by atoms with Crippen LogP contribution in [0.15, 0.2) is 6.20 Å². The van der Waals surface area contributed by atoms with Gasteiger partial charge in [-0.15, -0.1) is 0 Å². The fourth-order valence-electron chi connectivity index (χ4n) is 1.88. The first-order valence-corrected chi connectivity index (χ1v) is 6.53. The van der Waals surface area contributed by atoms with Crippen molar-refractivity contribution in [2.24, 2.45) is 0 Å². The minimum Gasteiger partial charge on any atom is -0.377 e. The number of nitrogens with one attached hydrogen (secondary N) is 1. The number of aromatic nitrogens is 2. The molecule has 4 heteroatoms. The van der Waals surface area contributed by atoms with Crippen molar-refractivity contribution in [3.05, 3.63) is 17.7 Å². The van der Waals surface area contributed by atoms with E-state index in [0.717, 1.165) is 31.6 Å². The van der Waals surface area contributed by atoms with E-state index in [1.54, 1.807) is 0 Å². The number of hydrogen-bond acceptors (Lipinski definition) is 3. The van der Waals surface area contributed by atoms with Gasteiger partial charge in [0, 0.05) is 25.3 Å². The van der Waals surface area contributed by atoms with Gasteiger partial charge >= 0.3 is 0 Å². The number of ether oxygens (including phenoxy) is 1. The Bertz CT molecular complexity index is 356. The summed E-state index contributed by atoms with van der Waals surface area (Å²) in [6.45, 7) is 8.76. The normalized spacial score (nSPS) is 15.8. The molecule has 1 aliphatic rings. The molecule has 1 heterocycles. The number of aryl methyl sites for hydroxylation is 1. The summed E-state index contributed by atoms with van der Waals surface area (Å²) in [5.41, 5.74) is 1.27. The Balaban J connectivity index is 1.86. The summed E-state index contributed by atoms with van der Waals surface area (Å²) in [6, 6.07) is 0.741. The zero-order valence-electron chi connectivity index (χ0n) is 11.1. The van der Waals surface area contributed by atoms with E-state index in [1.165, 1.54) is 18.5 Å². The molecule has 1 saturated carbocycles. The van der Waals surface area contributed by atoms with E-state index in [0.29, 0.717) is 6.10 Å². The van der Waals surface area contributed by atoms with Gasteiger partial charge in [0.15, 0.2) is 0 Å². The Kier molecular flexibility index (Phi) is 4.18. The molecule has 4 nitrogen and oxygen atoms in total. The number of rotatable bonds is 7. The maximum absolute atomic E-state index is 5.59. The Hall–Kier alpha value is -0.870. The van der Waals surface area contributed by atoms with Crippen molar-refractivity contribution in [1.29, 1.82) is 0 Å². The molecule has 0 atom stereocenters. The fourth-order valence-corrected chi connectivity index (χ4v) is 1.88. The first kappa shape index (κ1) is 12.6. The molecule has 1 N–H and O–H groups in total. The third-order valence-electron chi connectivity index (χ3n) is 3.05. The molecule has 1 aromatic heterocycles. The lowest BCUT2D eigenvalue weighted by molar-refractivity contribution is 0.0720. The summed E-state index contributed by atoms with van der Waals surface area (Å²) in [6.07, 6.45) is 4.92. The van der Waals surface area contributed by atoms with Gasteiger partial charge in [0.2, 0.25) is 0 Å². The van der Waals surface area contributed by atoms with Crippen molar-refractivity contribution >= 4 is 0 Å². The molecule has 96 valence electrons. The smallest absolute Gasteiger partial charge is 0.105 e. The monoisotopic (exact) mass is 237 g/mol. The van der Waals surface area contributed by atoms with Crippen molar-refractivity contribution in [3.8, 4) is 0 Å². The van der Waals surface area contributed by atoms with E-state index in [9.17, 15) is 0 Å². The van der Waals surface area contributed by atoms with E-state index in [2.05, 4.69) is 35.6 Å².